The van der Waals surface area contributed by atoms with Gasteiger partial charge in [-0.25, -0.2) is 4.98 Å². The van der Waals surface area contributed by atoms with Crippen molar-refractivity contribution in [3.63, 3.8) is 0 Å². The minimum absolute atomic E-state index is 0.695. The second-order valence-electron chi connectivity index (χ2n) is 5.72. The molecule has 0 aromatic carbocycles. The van der Waals surface area contributed by atoms with Crippen molar-refractivity contribution in [3.8, 4) is 0 Å². The van der Waals surface area contributed by atoms with Crippen LogP contribution in [0.2, 0.25) is 5.02 Å². The normalized spacial score (nSPS) is 14.9. The highest BCUT2D eigenvalue weighted by molar-refractivity contribution is 6.31. The molecule has 0 unspecified atom stereocenters. The lowest BCUT2D eigenvalue weighted by Gasteiger charge is -2.11. The summed E-state index contributed by atoms with van der Waals surface area (Å²) in [7, 11) is 1.95. The predicted octanol–water partition coefficient (Wildman–Crippen LogP) is 2.44. The lowest BCUT2D eigenvalue weighted by molar-refractivity contribution is 0.601. The van der Waals surface area contributed by atoms with Gasteiger partial charge in [-0.3, -0.25) is 4.68 Å². The van der Waals surface area contributed by atoms with Gasteiger partial charge in [0, 0.05) is 25.8 Å². The zero-order chi connectivity index (χ0) is 15.0. The quantitative estimate of drug-likeness (QED) is 0.891. The molecular formula is C15H22ClN5. The fourth-order valence-corrected chi connectivity index (χ4v) is 2.90. The van der Waals surface area contributed by atoms with E-state index in [2.05, 4.69) is 26.9 Å². The molecule has 1 aliphatic rings. The monoisotopic (exact) mass is 307 g/mol. The van der Waals surface area contributed by atoms with E-state index in [1.54, 1.807) is 0 Å². The van der Waals surface area contributed by atoms with Gasteiger partial charge in [0.25, 0.3) is 0 Å². The minimum atomic E-state index is 0.695. The fraction of sp³-hybridized carbons (Fsp3) is 0.600. The van der Waals surface area contributed by atoms with Gasteiger partial charge in [0.2, 0.25) is 0 Å². The summed E-state index contributed by atoms with van der Waals surface area (Å²) < 4.78 is 4.11. The third kappa shape index (κ3) is 2.99. The van der Waals surface area contributed by atoms with Gasteiger partial charge in [-0.2, -0.15) is 5.10 Å². The summed E-state index contributed by atoms with van der Waals surface area (Å²) in [6, 6.07) is 0.695. The van der Waals surface area contributed by atoms with Crippen LogP contribution in [0.15, 0.2) is 6.20 Å². The van der Waals surface area contributed by atoms with Gasteiger partial charge in [0.15, 0.2) is 0 Å². The smallest absolute Gasteiger partial charge is 0.106 e. The lowest BCUT2D eigenvalue weighted by atomic mass is 10.3. The molecule has 0 bridgehead atoms. The average Bonchev–Trinajstić information content (AvgIpc) is 3.18. The molecule has 2 heterocycles. The van der Waals surface area contributed by atoms with Crippen LogP contribution in [0.1, 0.15) is 42.7 Å². The number of nitrogens with zero attached hydrogens (tertiary/aromatic N) is 4. The Morgan fingerprint density at radius 1 is 1.43 bits per heavy atom. The first-order valence-corrected chi connectivity index (χ1v) is 7.92. The number of nitrogens with one attached hydrogen (secondary N) is 1. The second-order valence-corrected chi connectivity index (χ2v) is 6.10. The molecule has 1 aliphatic carbocycles. The van der Waals surface area contributed by atoms with E-state index in [1.807, 2.05) is 24.9 Å². The van der Waals surface area contributed by atoms with Crippen molar-refractivity contribution in [2.75, 3.05) is 0 Å². The maximum Gasteiger partial charge on any atom is 0.106 e. The molecule has 1 N–H and O–H groups in total. The third-order valence-corrected chi connectivity index (χ3v) is 4.53. The SMILES string of the molecule is CCc1nn(C)c(Cn2c(CNC3CC3)cnc2C)c1Cl. The molecule has 21 heavy (non-hydrogen) atoms. The lowest BCUT2D eigenvalue weighted by Crippen LogP contribution is -2.19. The molecule has 2 aromatic rings. The maximum atomic E-state index is 6.46. The van der Waals surface area contributed by atoms with E-state index in [0.29, 0.717) is 6.04 Å². The summed E-state index contributed by atoms with van der Waals surface area (Å²) in [5.74, 6) is 1.01. The molecule has 0 saturated heterocycles. The van der Waals surface area contributed by atoms with Crippen molar-refractivity contribution in [2.24, 2.45) is 7.05 Å². The van der Waals surface area contributed by atoms with E-state index in [0.717, 1.165) is 41.7 Å². The van der Waals surface area contributed by atoms with Gasteiger partial charge >= 0.3 is 0 Å². The number of rotatable bonds is 6. The molecule has 6 heteroatoms. The van der Waals surface area contributed by atoms with Crippen molar-refractivity contribution in [1.82, 2.24) is 24.6 Å². The van der Waals surface area contributed by atoms with Crippen molar-refractivity contribution >= 4 is 11.6 Å². The van der Waals surface area contributed by atoms with Crippen LogP contribution >= 0.6 is 11.6 Å². The summed E-state index contributed by atoms with van der Waals surface area (Å²) in [5.41, 5.74) is 3.21. The van der Waals surface area contributed by atoms with E-state index in [-0.39, 0.29) is 0 Å². The Morgan fingerprint density at radius 2 is 2.19 bits per heavy atom. The molecule has 5 nitrogen and oxygen atoms in total. The number of hydrogen-bond acceptors (Lipinski definition) is 3. The summed E-state index contributed by atoms with van der Waals surface area (Å²) in [6.45, 7) is 5.69. The van der Waals surface area contributed by atoms with Crippen molar-refractivity contribution in [2.45, 2.75) is 52.2 Å². The van der Waals surface area contributed by atoms with Crippen molar-refractivity contribution in [1.29, 1.82) is 0 Å². The van der Waals surface area contributed by atoms with Gasteiger partial charge in [-0.15, -0.1) is 0 Å². The van der Waals surface area contributed by atoms with E-state index in [1.165, 1.54) is 18.5 Å². The Balaban J connectivity index is 1.83. The summed E-state index contributed by atoms with van der Waals surface area (Å²) in [5, 5.41) is 8.82. The number of aromatic nitrogens is 4. The second kappa shape index (κ2) is 5.81. The van der Waals surface area contributed by atoms with Crippen LogP contribution in [-0.2, 0) is 26.6 Å². The molecule has 0 spiro atoms. The molecule has 3 rings (SSSR count). The molecule has 0 atom stereocenters. The largest absolute Gasteiger partial charge is 0.325 e. The summed E-state index contributed by atoms with van der Waals surface area (Å²) in [6.07, 6.45) is 5.39. The van der Waals surface area contributed by atoms with E-state index in [4.69, 9.17) is 11.6 Å². The standard InChI is InChI=1S/C15H22ClN5/c1-4-13-15(16)14(20(3)19-13)9-21-10(2)17-7-12(21)8-18-11-5-6-11/h7,11,18H,4-6,8-9H2,1-3H3. The third-order valence-electron chi connectivity index (χ3n) is 4.10. The Labute approximate surface area is 130 Å². The Bertz CT molecular complexity index is 639. The highest BCUT2D eigenvalue weighted by atomic mass is 35.5. The molecular weight excluding hydrogens is 286 g/mol. The van der Waals surface area contributed by atoms with Crippen LogP contribution < -0.4 is 5.32 Å². The van der Waals surface area contributed by atoms with Gasteiger partial charge in [0.05, 0.1) is 28.6 Å². The predicted molar refractivity (Wildman–Crippen MR) is 83.5 cm³/mol. The molecule has 1 fully saturated rings. The Hall–Kier alpha value is -1.33. The van der Waals surface area contributed by atoms with Crippen LogP contribution in [0.3, 0.4) is 0 Å². The fourth-order valence-electron chi connectivity index (χ4n) is 2.55. The molecule has 1 saturated carbocycles. The molecule has 0 amide bonds. The van der Waals surface area contributed by atoms with Crippen LogP contribution in [0, 0.1) is 6.92 Å². The maximum absolute atomic E-state index is 6.46. The van der Waals surface area contributed by atoms with Crippen LogP contribution in [-0.4, -0.2) is 25.4 Å². The molecule has 114 valence electrons. The van der Waals surface area contributed by atoms with Crippen molar-refractivity contribution < 1.29 is 0 Å². The first kappa shape index (κ1) is 14.6. The highest BCUT2D eigenvalue weighted by Gasteiger charge is 2.21. The zero-order valence-corrected chi connectivity index (χ0v) is 13.6. The molecule has 2 aromatic heterocycles. The van der Waals surface area contributed by atoms with E-state index in [9.17, 15) is 0 Å². The van der Waals surface area contributed by atoms with Crippen molar-refractivity contribution in [3.05, 3.63) is 34.1 Å². The van der Waals surface area contributed by atoms with E-state index < -0.39 is 0 Å². The van der Waals surface area contributed by atoms with Crippen LogP contribution in [0.25, 0.3) is 0 Å². The summed E-state index contributed by atoms with van der Waals surface area (Å²) in [4.78, 5) is 4.45. The summed E-state index contributed by atoms with van der Waals surface area (Å²) >= 11 is 6.46. The topological polar surface area (TPSA) is 47.7 Å². The highest BCUT2D eigenvalue weighted by Crippen LogP contribution is 2.23. The molecule has 0 radical (unpaired) electrons. The van der Waals surface area contributed by atoms with Gasteiger partial charge < -0.3 is 9.88 Å². The van der Waals surface area contributed by atoms with Crippen LogP contribution in [0.4, 0.5) is 0 Å². The van der Waals surface area contributed by atoms with Crippen LogP contribution in [0.5, 0.6) is 0 Å². The first-order chi connectivity index (χ1) is 10.1. The van der Waals surface area contributed by atoms with E-state index >= 15 is 0 Å². The molecule has 0 aliphatic heterocycles. The zero-order valence-electron chi connectivity index (χ0n) is 12.9. The Morgan fingerprint density at radius 3 is 2.81 bits per heavy atom. The minimum Gasteiger partial charge on any atom is -0.325 e. The average molecular weight is 308 g/mol. The number of aryl methyl sites for hydroxylation is 3. The number of halogens is 1. The number of hydrogen-bond donors (Lipinski definition) is 1. The Kier molecular flexibility index (Phi) is 4.04. The van der Waals surface area contributed by atoms with Gasteiger partial charge in [0.1, 0.15) is 5.82 Å². The van der Waals surface area contributed by atoms with Gasteiger partial charge in [-0.1, -0.05) is 18.5 Å². The van der Waals surface area contributed by atoms with Gasteiger partial charge in [-0.05, 0) is 26.2 Å². The first-order valence-electron chi connectivity index (χ1n) is 7.54. The number of imidazole rings is 1.